The van der Waals surface area contributed by atoms with Crippen LogP contribution in [0.25, 0.3) is 10.9 Å². The average Bonchev–Trinajstić information content (AvgIpc) is 3.09. The SMILES string of the molecule is Clc1nc2ccccc2cc1Cn1cc(COc2ccccc2)nn1. The van der Waals surface area contributed by atoms with Crippen molar-refractivity contribution < 1.29 is 4.74 Å². The molecule has 0 aliphatic rings. The number of hydrogen-bond donors (Lipinski definition) is 0. The lowest BCUT2D eigenvalue weighted by molar-refractivity contribution is 0.301. The van der Waals surface area contributed by atoms with Crippen LogP contribution < -0.4 is 4.74 Å². The molecule has 0 bridgehead atoms. The second-order valence-electron chi connectivity index (χ2n) is 5.64. The minimum absolute atomic E-state index is 0.369. The van der Waals surface area contributed by atoms with Gasteiger partial charge in [-0.05, 0) is 24.3 Å². The maximum Gasteiger partial charge on any atom is 0.134 e. The van der Waals surface area contributed by atoms with E-state index < -0.39 is 0 Å². The fraction of sp³-hybridized carbons (Fsp3) is 0.105. The first-order chi connectivity index (χ1) is 12.3. The van der Waals surface area contributed by atoms with Gasteiger partial charge in [-0.25, -0.2) is 9.67 Å². The standard InChI is InChI=1S/C19H15ClN4O/c20-19-15(10-14-6-4-5-9-18(14)21-19)11-24-12-16(22-23-24)13-25-17-7-2-1-3-8-17/h1-10,12H,11,13H2. The summed E-state index contributed by atoms with van der Waals surface area (Å²) in [5.41, 5.74) is 2.54. The number of aromatic nitrogens is 4. The second-order valence-corrected chi connectivity index (χ2v) is 6.00. The number of fused-ring (bicyclic) bond motifs is 1. The third kappa shape index (κ3) is 3.61. The molecule has 0 N–H and O–H groups in total. The molecule has 0 atom stereocenters. The Hall–Kier alpha value is -2.92. The molecule has 4 aromatic rings. The molecule has 5 nitrogen and oxygen atoms in total. The Bertz CT molecular complexity index is 1000. The van der Waals surface area contributed by atoms with Gasteiger partial charge < -0.3 is 4.74 Å². The fourth-order valence-corrected chi connectivity index (χ4v) is 2.78. The number of benzene rings is 2. The summed E-state index contributed by atoms with van der Waals surface area (Å²) in [6.07, 6.45) is 1.86. The third-order valence-electron chi connectivity index (χ3n) is 3.80. The summed E-state index contributed by atoms with van der Waals surface area (Å²) >= 11 is 6.30. The number of rotatable bonds is 5. The average molecular weight is 351 g/mol. The first-order valence-electron chi connectivity index (χ1n) is 7.89. The van der Waals surface area contributed by atoms with Crippen molar-refractivity contribution >= 4 is 22.5 Å². The Kier molecular flexibility index (Phi) is 4.31. The zero-order valence-electron chi connectivity index (χ0n) is 13.3. The summed E-state index contributed by atoms with van der Waals surface area (Å²) in [7, 11) is 0. The molecule has 6 heteroatoms. The van der Waals surface area contributed by atoms with Gasteiger partial charge in [-0.3, -0.25) is 0 Å². The highest BCUT2D eigenvalue weighted by Crippen LogP contribution is 2.21. The van der Waals surface area contributed by atoms with Gasteiger partial charge in [0.05, 0.1) is 18.3 Å². The number of hydrogen-bond acceptors (Lipinski definition) is 4. The number of ether oxygens (including phenoxy) is 1. The van der Waals surface area contributed by atoms with E-state index in [2.05, 4.69) is 15.3 Å². The van der Waals surface area contributed by atoms with Gasteiger partial charge in [-0.15, -0.1) is 5.10 Å². The Morgan fingerprint density at radius 3 is 2.68 bits per heavy atom. The van der Waals surface area contributed by atoms with Crippen molar-refractivity contribution in [2.24, 2.45) is 0 Å². The molecule has 0 amide bonds. The Balaban J connectivity index is 1.48. The van der Waals surface area contributed by atoms with Crippen molar-refractivity contribution in [2.75, 3.05) is 0 Å². The normalized spacial score (nSPS) is 10.9. The van der Waals surface area contributed by atoms with Crippen LogP contribution in [0.4, 0.5) is 0 Å². The van der Waals surface area contributed by atoms with E-state index in [0.29, 0.717) is 18.3 Å². The molecule has 25 heavy (non-hydrogen) atoms. The molecule has 0 fully saturated rings. The number of nitrogens with zero attached hydrogens (tertiary/aromatic N) is 4. The summed E-state index contributed by atoms with van der Waals surface area (Å²) in [6.45, 7) is 0.878. The molecule has 0 saturated carbocycles. The van der Waals surface area contributed by atoms with E-state index in [4.69, 9.17) is 16.3 Å². The minimum atomic E-state index is 0.369. The Labute approximate surface area is 149 Å². The van der Waals surface area contributed by atoms with E-state index in [1.807, 2.05) is 66.9 Å². The zero-order chi connectivity index (χ0) is 17.1. The predicted octanol–water partition coefficient (Wildman–Crippen LogP) is 4.11. The van der Waals surface area contributed by atoms with Gasteiger partial charge in [0.1, 0.15) is 23.2 Å². The lowest BCUT2D eigenvalue weighted by atomic mass is 10.1. The topological polar surface area (TPSA) is 52.8 Å². The maximum absolute atomic E-state index is 6.30. The maximum atomic E-state index is 6.30. The van der Waals surface area contributed by atoms with Gasteiger partial charge >= 0.3 is 0 Å². The van der Waals surface area contributed by atoms with Crippen LogP contribution in [-0.4, -0.2) is 20.0 Å². The Morgan fingerprint density at radius 1 is 1.00 bits per heavy atom. The van der Waals surface area contributed by atoms with Crippen LogP contribution in [0.2, 0.25) is 5.15 Å². The first kappa shape index (κ1) is 15.6. The van der Waals surface area contributed by atoms with Crippen LogP contribution >= 0.6 is 11.6 Å². The minimum Gasteiger partial charge on any atom is -0.487 e. The molecule has 4 rings (SSSR count). The third-order valence-corrected chi connectivity index (χ3v) is 4.13. The smallest absolute Gasteiger partial charge is 0.134 e. The molecule has 0 aliphatic heterocycles. The summed E-state index contributed by atoms with van der Waals surface area (Å²) < 4.78 is 7.42. The van der Waals surface area contributed by atoms with Crippen LogP contribution in [-0.2, 0) is 13.2 Å². The lowest BCUT2D eigenvalue weighted by Gasteiger charge is -2.06. The van der Waals surface area contributed by atoms with Crippen LogP contribution in [0.3, 0.4) is 0 Å². The van der Waals surface area contributed by atoms with Crippen molar-refractivity contribution in [3.8, 4) is 5.75 Å². The summed E-state index contributed by atoms with van der Waals surface area (Å²) in [5.74, 6) is 0.804. The molecule has 0 saturated heterocycles. The van der Waals surface area contributed by atoms with Crippen LogP contribution in [0.1, 0.15) is 11.3 Å². The van der Waals surface area contributed by atoms with Crippen LogP contribution in [0.15, 0.2) is 66.9 Å². The van der Waals surface area contributed by atoms with Crippen LogP contribution in [0, 0.1) is 0 Å². The van der Waals surface area contributed by atoms with Crippen molar-refractivity contribution in [1.82, 2.24) is 20.0 Å². The van der Waals surface area contributed by atoms with Gasteiger partial charge in [-0.2, -0.15) is 0 Å². The van der Waals surface area contributed by atoms with E-state index in [1.54, 1.807) is 4.68 Å². The summed E-state index contributed by atoms with van der Waals surface area (Å²) in [5, 5.41) is 9.82. The fourth-order valence-electron chi connectivity index (χ4n) is 2.58. The molecule has 2 heterocycles. The first-order valence-corrected chi connectivity index (χ1v) is 8.27. The molecule has 0 aliphatic carbocycles. The van der Waals surface area contributed by atoms with Gasteiger partial charge in [0.25, 0.3) is 0 Å². The number of para-hydroxylation sites is 2. The Morgan fingerprint density at radius 2 is 1.80 bits per heavy atom. The zero-order valence-corrected chi connectivity index (χ0v) is 14.1. The largest absolute Gasteiger partial charge is 0.487 e. The number of halogens is 1. The highest BCUT2D eigenvalue weighted by atomic mass is 35.5. The summed E-state index contributed by atoms with van der Waals surface area (Å²) in [6, 6.07) is 19.6. The molecular formula is C19H15ClN4O. The molecule has 0 radical (unpaired) electrons. The van der Waals surface area contributed by atoms with Crippen molar-refractivity contribution in [3.63, 3.8) is 0 Å². The van der Waals surface area contributed by atoms with Crippen molar-refractivity contribution in [2.45, 2.75) is 13.2 Å². The predicted molar refractivity (Wildman–Crippen MR) is 96.7 cm³/mol. The second kappa shape index (κ2) is 6.91. The molecule has 0 spiro atoms. The number of pyridine rings is 1. The lowest BCUT2D eigenvalue weighted by Crippen LogP contribution is -2.02. The van der Waals surface area contributed by atoms with Gasteiger partial charge in [0.15, 0.2) is 0 Å². The van der Waals surface area contributed by atoms with E-state index in [0.717, 1.165) is 27.9 Å². The van der Waals surface area contributed by atoms with E-state index in [-0.39, 0.29) is 0 Å². The van der Waals surface area contributed by atoms with Gasteiger partial charge in [0, 0.05) is 10.9 Å². The van der Waals surface area contributed by atoms with Crippen molar-refractivity contribution in [1.29, 1.82) is 0 Å². The van der Waals surface area contributed by atoms with E-state index in [1.165, 1.54) is 0 Å². The molecular weight excluding hydrogens is 336 g/mol. The highest BCUT2D eigenvalue weighted by Gasteiger charge is 2.08. The molecule has 124 valence electrons. The highest BCUT2D eigenvalue weighted by molar-refractivity contribution is 6.30. The molecule has 2 aromatic carbocycles. The summed E-state index contributed by atoms with van der Waals surface area (Å²) in [4.78, 5) is 4.43. The van der Waals surface area contributed by atoms with Crippen molar-refractivity contribution in [3.05, 3.63) is 83.3 Å². The molecule has 2 aromatic heterocycles. The van der Waals surface area contributed by atoms with E-state index >= 15 is 0 Å². The van der Waals surface area contributed by atoms with Gasteiger partial charge in [-0.1, -0.05) is 53.2 Å². The van der Waals surface area contributed by atoms with E-state index in [9.17, 15) is 0 Å². The quantitative estimate of drug-likeness (QED) is 0.508. The monoisotopic (exact) mass is 350 g/mol. The van der Waals surface area contributed by atoms with Crippen LogP contribution in [0.5, 0.6) is 5.75 Å². The molecule has 0 unspecified atom stereocenters. The van der Waals surface area contributed by atoms with Gasteiger partial charge in [0.2, 0.25) is 0 Å².